The predicted octanol–water partition coefficient (Wildman–Crippen LogP) is 1.95. The number of benzene rings is 1. The molecule has 2 aliphatic heterocycles. The fourth-order valence-corrected chi connectivity index (χ4v) is 4.84. The molecule has 2 amide bonds. The summed E-state index contributed by atoms with van der Waals surface area (Å²) in [6, 6.07) is 7.46. The van der Waals surface area contributed by atoms with Crippen LogP contribution >= 0.6 is 0 Å². The first-order chi connectivity index (χ1) is 18.4. The van der Waals surface area contributed by atoms with Crippen LogP contribution < -0.4 is 15.4 Å². The van der Waals surface area contributed by atoms with Crippen LogP contribution in [0.25, 0.3) is 22.6 Å². The van der Waals surface area contributed by atoms with E-state index in [1.54, 1.807) is 18.2 Å². The van der Waals surface area contributed by atoms with Gasteiger partial charge in [0.1, 0.15) is 23.1 Å². The molecule has 11 nitrogen and oxygen atoms in total. The average Bonchev–Trinajstić information content (AvgIpc) is 3.41. The van der Waals surface area contributed by atoms with Crippen molar-refractivity contribution in [1.82, 2.24) is 30.0 Å². The largest absolute Gasteiger partial charge is 0.477 e. The molecule has 0 radical (unpaired) electrons. The summed E-state index contributed by atoms with van der Waals surface area (Å²) in [6.45, 7) is 0.589. The van der Waals surface area contributed by atoms with Gasteiger partial charge in [-0.3, -0.25) is 9.59 Å². The summed E-state index contributed by atoms with van der Waals surface area (Å²) >= 11 is 0. The van der Waals surface area contributed by atoms with Crippen molar-refractivity contribution < 1.29 is 27.8 Å². The van der Waals surface area contributed by atoms with E-state index >= 15 is 0 Å². The van der Waals surface area contributed by atoms with Crippen LogP contribution in [0.15, 0.2) is 36.5 Å². The number of carbonyl (C=O) groups is 2. The first-order valence-electron chi connectivity index (χ1n) is 11.8. The summed E-state index contributed by atoms with van der Waals surface area (Å²) in [4.78, 5) is 39.4. The van der Waals surface area contributed by atoms with Crippen LogP contribution in [0, 0.1) is 11.6 Å². The Bertz CT molecular complexity index is 1610. The molecular weight excluding hydrogens is 500 g/mol. The van der Waals surface area contributed by atoms with Gasteiger partial charge in [-0.25, -0.2) is 23.4 Å². The van der Waals surface area contributed by atoms with Gasteiger partial charge in [0.2, 0.25) is 17.7 Å². The smallest absolute Gasteiger partial charge is 0.246 e. The van der Waals surface area contributed by atoms with Crippen LogP contribution in [0.5, 0.6) is 5.88 Å². The Labute approximate surface area is 214 Å². The summed E-state index contributed by atoms with van der Waals surface area (Å²) in [5, 5.41) is 10.2. The summed E-state index contributed by atoms with van der Waals surface area (Å²) in [5.41, 5.74) is -0.493. The zero-order valence-electron chi connectivity index (χ0n) is 20.1. The predicted molar refractivity (Wildman–Crippen MR) is 129 cm³/mol. The fraction of sp³-hybridized carbons (Fsp3) is 0.280. The molecule has 0 bridgehead atoms. The van der Waals surface area contributed by atoms with Gasteiger partial charge >= 0.3 is 0 Å². The number of methoxy groups -OCH3 is 1. The second-order valence-electron chi connectivity index (χ2n) is 8.90. The highest BCUT2D eigenvalue weighted by Crippen LogP contribution is 2.48. The molecule has 2 N–H and O–H groups in total. The highest BCUT2D eigenvalue weighted by Gasteiger charge is 2.58. The molecule has 194 valence electrons. The van der Waals surface area contributed by atoms with E-state index in [1.807, 2.05) is 0 Å². The highest BCUT2D eigenvalue weighted by molar-refractivity contribution is 6.21. The van der Waals surface area contributed by atoms with Crippen LogP contribution in [0.4, 0.5) is 14.6 Å². The van der Waals surface area contributed by atoms with E-state index in [0.717, 1.165) is 6.20 Å². The summed E-state index contributed by atoms with van der Waals surface area (Å²) in [7, 11) is 1.51. The maximum absolute atomic E-state index is 14.4. The van der Waals surface area contributed by atoms with E-state index in [9.17, 15) is 18.4 Å². The second kappa shape index (κ2) is 9.10. The number of hydrogen-bond acceptors (Lipinski definition) is 8. The number of rotatable bonds is 7. The van der Waals surface area contributed by atoms with Crippen LogP contribution in [0.1, 0.15) is 17.5 Å². The van der Waals surface area contributed by atoms with Crippen molar-refractivity contribution in [2.75, 3.05) is 32.2 Å². The van der Waals surface area contributed by atoms with Gasteiger partial charge in [-0.15, -0.1) is 0 Å². The summed E-state index contributed by atoms with van der Waals surface area (Å²) in [6.07, 6.45) is 1.15. The molecule has 1 atom stereocenters. The number of amides is 2. The lowest BCUT2D eigenvalue weighted by atomic mass is 9.77. The molecule has 0 spiro atoms. The van der Waals surface area contributed by atoms with Gasteiger partial charge < -0.3 is 20.1 Å². The Kier molecular flexibility index (Phi) is 5.71. The zero-order valence-corrected chi connectivity index (χ0v) is 20.1. The lowest BCUT2D eigenvalue weighted by Crippen LogP contribution is -2.52. The van der Waals surface area contributed by atoms with Gasteiger partial charge in [0, 0.05) is 25.6 Å². The van der Waals surface area contributed by atoms with Gasteiger partial charge in [0.05, 0.1) is 36.9 Å². The number of anilines is 1. The van der Waals surface area contributed by atoms with Gasteiger partial charge in [-0.2, -0.15) is 10.1 Å². The third-order valence-corrected chi connectivity index (χ3v) is 6.66. The van der Waals surface area contributed by atoms with E-state index in [-0.39, 0.29) is 66.9 Å². The normalized spacial score (nSPS) is 17.7. The number of fused-ring (bicyclic) bond motifs is 1. The zero-order chi connectivity index (χ0) is 26.4. The minimum atomic E-state index is -1.55. The third kappa shape index (κ3) is 3.65. The quantitative estimate of drug-likeness (QED) is 0.279. The van der Waals surface area contributed by atoms with Crippen LogP contribution in [0.3, 0.4) is 0 Å². The van der Waals surface area contributed by atoms with Crippen molar-refractivity contribution in [1.29, 1.82) is 0 Å². The fourth-order valence-electron chi connectivity index (χ4n) is 4.84. The second-order valence-corrected chi connectivity index (χ2v) is 8.90. The van der Waals surface area contributed by atoms with Crippen molar-refractivity contribution in [3.63, 3.8) is 0 Å². The molecule has 1 aromatic carbocycles. The SMILES string of the molecule is COCCNC(=O)C12CCOc3nc(-c4nn(Cc5ccccc5F)c5ncc(F)cc45)nc(c31)NC2=O. The minimum absolute atomic E-state index is 0.0254. The van der Waals surface area contributed by atoms with Crippen molar-refractivity contribution in [3.8, 4) is 17.4 Å². The molecule has 3 aromatic heterocycles. The molecule has 0 saturated heterocycles. The Balaban J connectivity index is 1.46. The Morgan fingerprint density at radius 1 is 1.29 bits per heavy atom. The molecule has 0 aliphatic carbocycles. The maximum Gasteiger partial charge on any atom is 0.246 e. The molecular formula is C25H21F2N7O4. The number of pyridine rings is 1. The lowest BCUT2D eigenvalue weighted by Gasteiger charge is -2.30. The standard InChI is InChI=1S/C25H21F2N7O4/c1-37-9-7-28-23(35)25-6-8-38-22-17(25)19(32-24(25)36)30-20(31-22)18-15-10-14(26)11-29-21(15)34(33-18)12-13-4-2-3-5-16(13)27/h2-5,10-11H,6-9,12H2,1H3,(H,28,35)(H,30,31,32,36). The molecule has 13 heteroatoms. The topological polar surface area (TPSA) is 133 Å². The number of carbonyl (C=O) groups excluding carboxylic acids is 2. The van der Waals surface area contributed by atoms with Crippen molar-refractivity contribution in [2.45, 2.75) is 18.4 Å². The van der Waals surface area contributed by atoms with Crippen LogP contribution in [0.2, 0.25) is 0 Å². The van der Waals surface area contributed by atoms with Crippen LogP contribution in [-0.2, 0) is 26.3 Å². The molecule has 5 heterocycles. The van der Waals surface area contributed by atoms with Crippen LogP contribution in [-0.4, -0.2) is 63.4 Å². The molecule has 6 rings (SSSR count). The monoisotopic (exact) mass is 521 g/mol. The van der Waals surface area contributed by atoms with E-state index in [4.69, 9.17) is 9.47 Å². The Morgan fingerprint density at radius 3 is 2.95 bits per heavy atom. The van der Waals surface area contributed by atoms with E-state index in [0.29, 0.717) is 11.2 Å². The maximum atomic E-state index is 14.4. The first-order valence-corrected chi connectivity index (χ1v) is 11.8. The molecule has 38 heavy (non-hydrogen) atoms. The number of nitrogens with one attached hydrogen (secondary N) is 2. The number of ether oxygens (including phenoxy) is 2. The van der Waals surface area contributed by atoms with E-state index in [1.165, 1.54) is 23.9 Å². The van der Waals surface area contributed by atoms with Gasteiger partial charge in [-0.1, -0.05) is 18.2 Å². The van der Waals surface area contributed by atoms with Crippen molar-refractivity contribution in [3.05, 3.63) is 59.3 Å². The number of halogens is 2. The average molecular weight is 521 g/mol. The number of nitrogens with zero attached hydrogens (tertiary/aromatic N) is 5. The Hall–Kier alpha value is -4.52. The highest BCUT2D eigenvalue weighted by atomic mass is 19.1. The molecule has 2 aliphatic rings. The molecule has 4 aromatic rings. The lowest BCUT2D eigenvalue weighted by molar-refractivity contribution is -0.136. The minimum Gasteiger partial charge on any atom is -0.477 e. The third-order valence-electron chi connectivity index (χ3n) is 6.66. The first kappa shape index (κ1) is 23.9. The van der Waals surface area contributed by atoms with E-state index in [2.05, 4.69) is 30.7 Å². The number of hydrogen-bond donors (Lipinski definition) is 2. The van der Waals surface area contributed by atoms with Crippen molar-refractivity contribution >= 4 is 28.7 Å². The summed E-state index contributed by atoms with van der Waals surface area (Å²) < 4.78 is 40.8. The van der Waals surface area contributed by atoms with Crippen molar-refractivity contribution in [2.24, 2.45) is 0 Å². The summed E-state index contributed by atoms with van der Waals surface area (Å²) in [5.74, 6) is -1.88. The van der Waals surface area contributed by atoms with Gasteiger partial charge in [0.15, 0.2) is 16.9 Å². The van der Waals surface area contributed by atoms with Gasteiger partial charge in [-0.05, 0) is 12.1 Å². The Morgan fingerprint density at radius 2 is 2.13 bits per heavy atom. The van der Waals surface area contributed by atoms with Gasteiger partial charge in [0.25, 0.3) is 0 Å². The molecule has 1 unspecified atom stereocenters. The molecule has 0 saturated carbocycles. The van der Waals surface area contributed by atoms with E-state index < -0.39 is 28.9 Å². The molecule has 0 fully saturated rings. The number of aromatic nitrogens is 5.